The number of amides is 2. The van der Waals surface area contributed by atoms with Crippen molar-refractivity contribution in [3.8, 4) is 0 Å². The van der Waals surface area contributed by atoms with Crippen molar-refractivity contribution in [1.82, 2.24) is 10.6 Å². The summed E-state index contributed by atoms with van der Waals surface area (Å²) in [5.74, 6) is -0.519. The van der Waals surface area contributed by atoms with Crippen LogP contribution in [-0.4, -0.2) is 24.9 Å². The van der Waals surface area contributed by atoms with Crippen LogP contribution in [0.2, 0.25) is 0 Å². The van der Waals surface area contributed by atoms with Crippen LogP contribution in [0.25, 0.3) is 0 Å². The number of nitrogens with one attached hydrogen (secondary N) is 2. The molecule has 26 heavy (non-hydrogen) atoms. The van der Waals surface area contributed by atoms with E-state index >= 15 is 0 Å². The molecule has 5 heteroatoms. The summed E-state index contributed by atoms with van der Waals surface area (Å²) in [6, 6.07) is 15.8. The molecule has 2 amide bonds. The third kappa shape index (κ3) is 4.10. The van der Waals surface area contributed by atoms with Gasteiger partial charge in [0.05, 0.1) is 11.8 Å². The van der Waals surface area contributed by atoms with E-state index in [9.17, 15) is 14.0 Å². The zero-order chi connectivity index (χ0) is 18.4. The standard InChI is InChI=1S/C21H23FN2O2/c22-18-9-4-6-16(14-18)15-19(25)23-12-13-24-20(26)21(10-5-11-21)17-7-2-1-3-8-17/h1-4,6-9,14H,5,10-13,15H2,(H,23,25)(H,24,26). The average molecular weight is 354 g/mol. The molecule has 2 aromatic rings. The predicted molar refractivity (Wildman–Crippen MR) is 98.1 cm³/mol. The molecule has 2 N–H and O–H groups in total. The molecule has 1 fully saturated rings. The Hall–Kier alpha value is -2.69. The fourth-order valence-electron chi connectivity index (χ4n) is 3.38. The molecule has 0 atom stereocenters. The molecule has 0 aliphatic heterocycles. The van der Waals surface area contributed by atoms with Gasteiger partial charge in [0.1, 0.15) is 5.82 Å². The molecule has 0 radical (unpaired) electrons. The van der Waals surface area contributed by atoms with E-state index in [0.717, 1.165) is 24.8 Å². The van der Waals surface area contributed by atoms with E-state index in [1.807, 2.05) is 30.3 Å². The molecule has 0 bridgehead atoms. The molecule has 1 aliphatic rings. The van der Waals surface area contributed by atoms with Crippen LogP contribution in [0.4, 0.5) is 4.39 Å². The average Bonchev–Trinajstić information content (AvgIpc) is 2.59. The second-order valence-electron chi connectivity index (χ2n) is 6.71. The van der Waals surface area contributed by atoms with E-state index in [2.05, 4.69) is 10.6 Å². The highest BCUT2D eigenvalue weighted by Gasteiger charge is 2.45. The first-order chi connectivity index (χ1) is 12.6. The Bertz CT molecular complexity index is 773. The fourth-order valence-corrected chi connectivity index (χ4v) is 3.38. The molecule has 3 rings (SSSR count). The van der Waals surface area contributed by atoms with Gasteiger partial charge in [-0.05, 0) is 36.1 Å². The van der Waals surface area contributed by atoms with Gasteiger partial charge in [0.25, 0.3) is 0 Å². The minimum absolute atomic E-state index is 0.0225. The lowest BCUT2D eigenvalue weighted by molar-refractivity contribution is -0.130. The minimum atomic E-state index is -0.424. The molecule has 1 aliphatic carbocycles. The van der Waals surface area contributed by atoms with E-state index in [1.54, 1.807) is 12.1 Å². The molecule has 0 unspecified atom stereocenters. The van der Waals surface area contributed by atoms with Gasteiger partial charge in [-0.1, -0.05) is 48.9 Å². The minimum Gasteiger partial charge on any atom is -0.354 e. The number of hydrogen-bond donors (Lipinski definition) is 2. The van der Waals surface area contributed by atoms with Crippen molar-refractivity contribution in [2.75, 3.05) is 13.1 Å². The van der Waals surface area contributed by atoms with Crippen molar-refractivity contribution < 1.29 is 14.0 Å². The van der Waals surface area contributed by atoms with Gasteiger partial charge in [0.15, 0.2) is 0 Å². The molecule has 0 heterocycles. The zero-order valence-electron chi connectivity index (χ0n) is 14.6. The summed E-state index contributed by atoms with van der Waals surface area (Å²) in [5.41, 5.74) is 1.26. The number of hydrogen-bond acceptors (Lipinski definition) is 2. The highest BCUT2D eigenvalue weighted by molar-refractivity contribution is 5.89. The number of rotatable bonds is 7. The second-order valence-corrected chi connectivity index (χ2v) is 6.71. The molecule has 0 aromatic heterocycles. The van der Waals surface area contributed by atoms with Gasteiger partial charge in [0.2, 0.25) is 11.8 Å². The highest BCUT2D eigenvalue weighted by Crippen LogP contribution is 2.43. The number of benzene rings is 2. The monoisotopic (exact) mass is 354 g/mol. The number of carbonyl (C=O) groups excluding carboxylic acids is 2. The maximum atomic E-state index is 13.1. The van der Waals surface area contributed by atoms with Gasteiger partial charge in [-0.3, -0.25) is 9.59 Å². The van der Waals surface area contributed by atoms with E-state index in [-0.39, 0.29) is 24.1 Å². The third-order valence-corrected chi connectivity index (χ3v) is 4.95. The molecule has 1 saturated carbocycles. The normalized spacial score (nSPS) is 15.0. The number of carbonyl (C=O) groups is 2. The first-order valence-corrected chi connectivity index (χ1v) is 8.95. The van der Waals surface area contributed by atoms with Crippen molar-refractivity contribution in [1.29, 1.82) is 0 Å². The third-order valence-electron chi connectivity index (χ3n) is 4.95. The lowest BCUT2D eigenvalue weighted by Gasteiger charge is -2.40. The Kier molecular flexibility index (Phi) is 5.66. The fraction of sp³-hybridized carbons (Fsp3) is 0.333. The molecule has 136 valence electrons. The van der Waals surface area contributed by atoms with Crippen LogP contribution in [0.3, 0.4) is 0 Å². The molecular weight excluding hydrogens is 331 g/mol. The highest BCUT2D eigenvalue weighted by atomic mass is 19.1. The molecule has 0 saturated heterocycles. The summed E-state index contributed by atoms with van der Waals surface area (Å²) < 4.78 is 13.1. The van der Waals surface area contributed by atoms with E-state index in [0.29, 0.717) is 18.7 Å². The zero-order valence-corrected chi connectivity index (χ0v) is 14.6. The van der Waals surface area contributed by atoms with Gasteiger partial charge in [0, 0.05) is 13.1 Å². The topological polar surface area (TPSA) is 58.2 Å². The largest absolute Gasteiger partial charge is 0.354 e. The quantitative estimate of drug-likeness (QED) is 0.751. The smallest absolute Gasteiger partial charge is 0.230 e. The first kappa shape index (κ1) is 18.1. The lowest BCUT2D eigenvalue weighted by atomic mass is 9.64. The van der Waals surface area contributed by atoms with Crippen LogP contribution in [0.15, 0.2) is 54.6 Å². The van der Waals surface area contributed by atoms with Crippen molar-refractivity contribution >= 4 is 11.8 Å². The van der Waals surface area contributed by atoms with Gasteiger partial charge < -0.3 is 10.6 Å². The summed E-state index contributed by atoms with van der Waals surface area (Å²) >= 11 is 0. The summed E-state index contributed by atoms with van der Waals surface area (Å²) in [4.78, 5) is 24.6. The SMILES string of the molecule is O=C(Cc1cccc(F)c1)NCCNC(=O)C1(c2ccccc2)CCC1. The predicted octanol–water partition coefficient (Wildman–Crippen LogP) is 2.72. The Morgan fingerprint density at radius 1 is 0.962 bits per heavy atom. The molecule has 2 aromatic carbocycles. The maximum absolute atomic E-state index is 13.1. The lowest BCUT2D eigenvalue weighted by Crippen LogP contribution is -2.50. The Morgan fingerprint density at radius 3 is 2.35 bits per heavy atom. The van der Waals surface area contributed by atoms with Gasteiger partial charge in [-0.2, -0.15) is 0 Å². The van der Waals surface area contributed by atoms with Crippen LogP contribution < -0.4 is 10.6 Å². The van der Waals surface area contributed by atoms with Crippen molar-refractivity contribution in [2.45, 2.75) is 31.1 Å². The molecular formula is C21H23FN2O2. The van der Waals surface area contributed by atoms with Gasteiger partial charge in [-0.25, -0.2) is 4.39 Å². The summed E-state index contributed by atoms with van der Waals surface area (Å²) in [7, 11) is 0. The second kappa shape index (κ2) is 8.13. The van der Waals surface area contributed by atoms with Crippen LogP contribution in [-0.2, 0) is 21.4 Å². The van der Waals surface area contributed by atoms with Gasteiger partial charge in [-0.15, -0.1) is 0 Å². The van der Waals surface area contributed by atoms with Gasteiger partial charge >= 0.3 is 0 Å². The Morgan fingerprint density at radius 2 is 1.69 bits per heavy atom. The van der Waals surface area contributed by atoms with E-state index in [1.165, 1.54) is 12.1 Å². The van der Waals surface area contributed by atoms with E-state index in [4.69, 9.17) is 0 Å². The van der Waals surface area contributed by atoms with Crippen LogP contribution in [0, 0.1) is 5.82 Å². The molecule has 4 nitrogen and oxygen atoms in total. The van der Waals surface area contributed by atoms with Crippen molar-refractivity contribution in [3.63, 3.8) is 0 Å². The van der Waals surface area contributed by atoms with E-state index < -0.39 is 5.41 Å². The Labute approximate surface area is 152 Å². The summed E-state index contributed by atoms with van der Waals surface area (Å²) in [6.45, 7) is 0.729. The summed E-state index contributed by atoms with van der Waals surface area (Å²) in [6.07, 6.45) is 2.88. The first-order valence-electron chi connectivity index (χ1n) is 8.95. The number of halogens is 1. The van der Waals surface area contributed by atoms with Crippen LogP contribution in [0.5, 0.6) is 0 Å². The van der Waals surface area contributed by atoms with Crippen LogP contribution >= 0.6 is 0 Å². The Balaban J connectivity index is 1.44. The molecule has 0 spiro atoms. The van der Waals surface area contributed by atoms with Crippen molar-refractivity contribution in [2.24, 2.45) is 0 Å². The summed E-state index contributed by atoms with van der Waals surface area (Å²) in [5, 5.41) is 5.70. The van der Waals surface area contributed by atoms with Crippen molar-refractivity contribution in [3.05, 3.63) is 71.5 Å². The maximum Gasteiger partial charge on any atom is 0.230 e. The van der Waals surface area contributed by atoms with Crippen LogP contribution in [0.1, 0.15) is 30.4 Å².